The molecule has 1 N–H and O–H groups in total. The Morgan fingerprint density at radius 1 is 1.13 bits per heavy atom. The lowest BCUT2D eigenvalue weighted by molar-refractivity contribution is 0.0365. The second-order valence-electron chi connectivity index (χ2n) is 9.83. The summed E-state index contributed by atoms with van der Waals surface area (Å²) in [4.78, 5) is 21.4. The highest BCUT2D eigenvalue weighted by Crippen LogP contribution is 2.41. The van der Waals surface area contributed by atoms with Gasteiger partial charge in [-0.2, -0.15) is 0 Å². The Hall–Kier alpha value is -3.27. The molecule has 9 heteroatoms. The van der Waals surface area contributed by atoms with Crippen LogP contribution in [0.2, 0.25) is 0 Å². The maximum atomic E-state index is 11.9. The van der Waals surface area contributed by atoms with Crippen molar-refractivity contribution in [2.45, 2.75) is 32.4 Å². The van der Waals surface area contributed by atoms with Gasteiger partial charge < -0.3 is 24.3 Å². The molecule has 1 aromatic carbocycles. The summed E-state index contributed by atoms with van der Waals surface area (Å²) in [5.74, 6) is -0.338. The summed E-state index contributed by atoms with van der Waals surface area (Å²) in [6, 6.07) is 15.8. The molecule has 0 amide bonds. The standard InChI is InChI=1S/C29H35N5O3S/c1-20-19-24(21(2)34(20)23-10-8-22(9-11-23)28(35)36-3)27-26(25-7-4-5-12-30-25)31-29(38)33(27)14-6-13-32-15-17-37-18-16-32/h4-5,7-12,19,26-27H,6,13-18H2,1-3H3,(H,31,38). The summed E-state index contributed by atoms with van der Waals surface area (Å²) in [7, 11) is 1.40. The molecule has 0 spiro atoms. The van der Waals surface area contributed by atoms with Crippen LogP contribution in [-0.4, -0.2) is 76.9 Å². The number of rotatable bonds is 8. The number of benzene rings is 1. The number of aryl methyl sites for hydroxylation is 1. The lowest BCUT2D eigenvalue weighted by atomic mass is 9.96. The van der Waals surface area contributed by atoms with Crippen molar-refractivity contribution >= 4 is 23.3 Å². The number of hydrogen-bond acceptors (Lipinski definition) is 6. The van der Waals surface area contributed by atoms with Crippen LogP contribution in [0.4, 0.5) is 0 Å². The Labute approximate surface area is 229 Å². The fourth-order valence-electron chi connectivity index (χ4n) is 5.62. The summed E-state index contributed by atoms with van der Waals surface area (Å²) in [6.07, 6.45) is 2.85. The monoisotopic (exact) mass is 533 g/mol. The van der Waals surface area contributed by atoms with E-state index in [-0.39, 0.29) is 18.1 Å². The first-order chi connectivity index (χ1) is 18.5. The molecule has 0 bridgehead atoms. The molecule has 38 heavy (non-hydrogen) atoms. The van der Waals surface area contributed by atoms with Gasteiger partial charge in [-0.3, -0.25) is 9.88 Å². The molecule has 0 radical (unpaired) electrons. The van der Waals surface area contributed by atoms with Gasteiger partial charge in [0.25, 0.3) is 0 Å². The van der Waals surface area contributed by atoms with Crippen LogP contribution >= 0.6 is 12.2 Å². The Balaban J connectivity index is 1.46. The van der Waals surface area contributed by atoms with E-state index in [1.54, 1.807) is 12.1 Å². The van der Waals surface area contributed by atoms with Crippen LogP contribution in [0, 0.1) is 13.8 Å². The van der Waals surface area contributed by atoms with Crippen molar-refractivity contribution in [2.24, 2.45) is 0 Å². The first-order valence-electron chi connectivity index (χ1n) is 13.1. The number of carbonyl (C=O) groups is 1. The van der Waals surface area contributed by atoms with E-state index in [2.05, 4.69) is 50.6 Å². The molecule has 3 aromatic rings. The van der Waals surface area contributed by atoms with Crippen molar-refractivity contribution in [3.8, 4) is 5.69 Å². The van der Waals surface area contributed by atoms with Gasteiger partial charge in [-0.05, 0) is 80.5 Å². The number of aromatic nitrogens is 2. The fraction of sp³-hybridized carbons (Fsp3) is 0.414. The number of carbonyl (C=O) groups excluding carboxylic acids is 1. The zero-order valence-corrected chi connectivity index (χ0v) is 23.0. The van der Waals surface area contributed by atoms with E-state index in [1.165, 1.54) is 12.7 Å². The lowest BCUT2D eigenvalue weighted by Crippen LogP contribution is -2.39. The number of nitrogens with one attached hydrogen (secondary N) is 1. The largest absolute Gasteiger partial charge is 0.465 e. The lowest BCUT2D eigenvalue weighted by Gasteiger charge is -2.30. The average molecular weight is 534 g/mol. The third kappa shape index (κ3) is 5.32. The van der Waals surface area contributed by atoms with Gasteiger partial charge in [0.05, 0.1) is 43.7 Å². The van der Waals surface area contributed by atoms with E-state index in [0.717, 1.165) is 73.7 Å². The van der Waals surface area contributed by atoms with Crippen molar-refractivity contribution in [2.75, 3.05) is 46.5 Å². The molecule has 0 saturated carbocycles. The molecule has 2 unspecified atom stereocenters. The Kier molecular flexibility index (Phi) is 8.06. The minimum Gasteiger partial charge on any atom is -0.465 e. The number of thiocarbonyl (C=S) groups is 1. The van der Waals surface area contributed by atoms with Gasteiger partial charge in [-0.15, -0.1) is 0 Å². The molecule has 2 aliphatic heterocycles. The van der Waals surface area contributed by atoms with Crippen molar-refractivity contribution in [1.29, 1.82) is 0 Å². The van der Waals surface area contributed by atoms with Crippen LogP contribution in [0.25, 0.3) is 5.69 Å². The zero-order valence-electron chi connectivity index (χ0n) is 22.2. The molecule has 5 rings (SSSR count). The van der Waals surface area contributed by atoms with E-state index in [4.69, 9.17) is 21.7 Å². The Morgan fingerprint density at radius 2 is 1.89 bits per heavy atom. The first kappa shape index (κ1) is 26.3. The highest BCUT2D eigenvalue weighted by Gasteiger charge is 2.41. The van der Waals surface area contributed by atoms with Gasteiger partial charge in [0.2, 0.25) is 0 Å². The molecule has 4 heterocycles. The highest BCUT2D eigenvalue weighted by molar-refractivity contribution is 7.80. The van der Waals surface area contributed by atoms with Gasteiger partial charge in [0.15, 0.2) is 5.11 Å². The fourth-order valence-corrected chi connectivity index (χ4v) is 5.95. The maximum Gasteiger partial charge on any atom is 0.337 e. The Bertz CT molecular complexity index is 1270. The molecule has 2 aromatic heterocycles. The molecule has 2 atom stereocenters. The quantitative estimate of drug-likeness (QED) is 0.345. The first-order valence-corrected chi connectivity index (χ1v) is 13.5. The summed E-state index contributed by atoms with van der Waals surface area (Å²) < 4.78 is 12.6. The molecule has 0 aliphatic carbocycles. The number of ether oxygens (including phenoxy) is 2. The van der Waals surface area contributed by atoms with Crippen molar-refractivity contribution < 1.29 is 14.3 Å². The summed E-state index contributed by atoms with van der Waals surface area (Å²) in [5, 5.41) is 4.34. The smallest absolute Gasteiger partial charge is 0.337 e. The van der Waals surface area contributed by atoms with Gasteiger partial charge in [0, 0.05) is 49.5 Å². The second kappa shape index (κ2) is 11.6. The topological polar surface area (TPSA) is 71.9 Å². The van der Waals surface area contributed by atoms with Crippen LogP contribution in [0.5, 0.6) is 0 Å². The molecule has 200 valence electrons. The van der Waals surface area contributed by atoms with Crippen LogP contribution in [0.1, 0.15) is 51.5 Å². The van der Waals surface area contributed by atoms with E-state index >= 15 is 0 Å². The van der Waals surface area contributed by atoms with Gasteiger partial charge >= 0.3 is 5.97 Å². The Morgan fingerprint density at radius 3 is 2.58 bits per heavy atom. The molecular formula is C29H35N5O3S. The van der Waals surface area contributed by atoms with Gasteiger partial charge in [-0.25, -0.2) is 4.79 Å². The van der Waals surface area contributed by atoms with Crippen LogP contribution < -0.4 is 5.32 Å². The third-order valence-electron chi connectivity index (χ3n) is 7.51. The van der Waals surface area contributed by atoms with Crippen molar-refractivity contribution in [1.82, 2.24) is 24.7 Å². The predicted molar refractivity (Wildman–Crippen MR) is 151 cm³/mol. The van der Waals surface area contributed by atoms with Crippen molar-refractivity contribution in [3.05, 3.63) is 82.9 Å². The summed E-state index contributed by atoms with van der Waals surface area (Å²) in [5.41, 5.74) is 5.99. The minimum absolute atomic E-state index is 0.0105. The number of pyridine rings is 1. The molecule has 2 aliphatic rings. The average Bonchev–Trinajstić information content (AvgIpc) is 3.43. The van der Waals surface area contributed by atoms with Gasteiger partial charge in [-0.1, -0.05) is 6.07 Å². The number of esters is 1. The summed E-state index contributed by atoms with van der Waals surface area (Å²) in [6.45, 7) is 9.73. The zero-order chi connectivity index (χ0) is 26.6. The molecule has 8 nitrogen and oxygen atoms in total. The maximum absolute atomic E-state index is 11.9. The molecule has 2 saturated heterocycles. The molecule has 2 fully saturated rings. The SMILES string of the molecule is COC(=O)c1ccc(-n2c(C)cc(C3C(c4ccccn4)NC(=S)N3CCCN3CCOCC3)c2C)cc1. The predicted octanol–water partition coefficient (Wildman–Crippen LogP) is 3.97. The van der Waals surface area contributed by atoms with Crippen LogP contribution in [-0.2, 0) is 9.47 Å². The third-order valence-corrected chi connectivity index (χ3v) is 7.86. The van der Waals surface area contributed by atoms with Crippen LogP contribution in [0.15, 0.2) is 54.7 Å². The number of methoxy groups -OCH3 is 1. The van der Waals surface area contributed by atoms with Gasteiger partial charge in [0.1, 0.15) is 0 Å². The van der Waals surface area contributed by atoms with E-state index in [0.29, 0.717) is 5.56 Å². The van der Waals surface area contributed by atoms with E-state index in [1.807, 2.05) is 30.5 Å². The second-order valence-corrected chi connectivity index (χ2v) is 10.2. The van der Waals surface area contributed by atoms with E-state index in [9.17, 15) is 4.79 Å². The molecular weight excluding hydrogens is 498 g/mol. The number of hydrogen-bond donors (Lipinski definition) is 1. The van der Waals surface area contributed by atoms with Crippen molar-refractivity contribution in [3.63, 3.8) is 0 Å². The number of morpholine rings is 1. The highest BCUT2D eigenvalue weighted by atomic mass is 32.1. The normalized spacial score (nSPS) is 20.0. The summed E-state index contributed by atoms with van der Waals surface area (Å²) >= 11 is 5.89. The minimum atomic E-state index is -0.338. The number of nitrogens with zero attached hydrogens (tertiary/aromatic N) is 4. The van der Waals surface area contributed by atoms with Crippen LogP contribution in [0.3, 0.4) is 0 Å². The van der Waals surface area contributed by atoms with E-state index < -0.39 is 0 Å².